The number of piperidine rings is 1. The molecule has 0 radical (unpaired) electrons. The van der Waals surface area contributed by atoms with Crippen LogP contribution in [0.1, 0.15) is 50.3 Å². The molecule has 2 fully saturated rings. The maximum atomic E-state index is 14.0. The molecule has 3 N–H and O–H groups in total. The Balaban J connectivity index is 1.27. The van der Waals surface area contributed by atoms with Gasteiger partial charge in [-0.3, -0.25) is 9.48 Å². The first-order valence-corrected chi connectivity index (χ1v) is 13.2. The van der Waals surface area contributed by atoms with Gasteiger partial charge in [0.15, 0.2) is 11.6 Å². The lowest BCUT2D eigenvalue weighted by molar-refractivity contribution is -0.134. The molecule has 0 spiro atoms. The van der Waals surface area contributed by atoms with Crippen LogP contribution in [0, 0.1) is 5.82 Å². The zero-order valence-corrected chi connectivity index (χ0v) is 22.0. The molecule has 37 heavy (non-hydrogen) atoms. The number of hydrogen-bond donors (Lipinski definition) is 2. The van der Waals surface area contributed by atoms with Crippen LogP contribution in [0.15, 0.2) is 36.8 Å². The normalized spacial score (nSPS) is 19.2. The number of amides is 1. The predicted octanol–water partition coefficient (Wildman–Crippen LogP) is 5.03. The number of nitrogens with zero attached hydrogens (tertiary/aromatic N) is 4. The van der Waals surface area contributed by atoms with E-state index in [0.29, 0.717) is 16.3 Å². The van der Waals surface area contributed by atoms with Gasteiger partial charge in [-0.2, -0.15) is 5.10 Å². The lowest BCUT2D eigenvalue weighted by Crippen LogP contribution is -2.47. The number of carbonyl (C=O) groups is 1. The predicted molar refractivity (Wildman–Crippen MR) is 141 cm³/mol. The van der Waals surface area contributed by atoms with Crippen LogP contribution in [-0.2, 0) is 4.79 Å². The van der Waals surface area contributed by atoms with Crippen molar-refractivity contribution in [3.63, 3.8) is 0 Å². The zero-order valence-electron chi connectivity index (χ0n) is 20.5. The highest BCUT2D eigenvalue weighted by molar-refractivity contribution is 6.36. The van der Waals surface area contributed by atoms with Gasteiger partial charge in [-0.25, -0.2) is 9.37 Å². The molecule has 2 aliphatic rings. The second-order valence-corrected chi connectivity index (χ2v) is 10.3. The maximum absolute atomic E-state index is 14.0. The molecule has 0 aliphatic carbocycles. The van der Waals surface area contributed by atoms with Crippen LogP contribution in [0.3, 0.4) is 0 Å². The molecule has 3 aromatic rings. The summed E-state index contributed by atoms with van der Waals surface area (Å²) in [5.41, 5.74) is 8.05. The third-order valence-corrected chi connectivity index (χ3v) is 7.83. The molecule has 5 rings (SSSR count). The van der Waals surface area contributed by atoms with Crippen LogP contribution in [0.5, 0.6) is 5.75 Å². The van der Waals surface area contributed by atoms with Gasteiger partial charge in [-0.1, -0.05) is 23.2 Å². The fourth-order valence-corrected chi connectivity index (χ4v) is 5.70. The van der Waals surface area contributed by atoms with Gasteiger partial charge in [0.25, 0.3) is 0 Å². The van der Waals surface area contributed by atoms with E-state index in [1.54, 1.807) is 25.4 Å². The maximum Gasteiger partial charge on any atom is 0.239 e. The number of ether oxygens (including phenoxy) is 1. The molecule has 11 heteroatoms. The molecule has 2 aromatic heterocycles. The van der Waals surface area contributed by atoms with E-state index < -0.39 is 11.9 Å². The Kier molecular flexibility index (Phi) is 7.55. The van der Waals surface area contributed by atoms with Gasteiger partial charge < -0.3 is 20.7 Å². The first-order valence-electron chi connectivity index (χ1n) is 12.4. The largest absolute Gasteiger partial charge is 0.482 e. The summed E-state index contributed by atoms with van der Waals surface area (Å²) in [5.74, 6) is 0.170. The van der Waals surface area contributed by atoms with Crippen LogP contribution < -0.4 is 15.8 Å². The van der Waals surface area contributed by atoms with E-state index in [-0.39, 0.29) is 28.8 Å². The molecule has 0 unspecified atom stereocenters. The van der Waals surface area contributed by atoms with E-state index in [4.69, 9.17) is 33.7 Å². The van der Waals surface area contributed by atoms with Crippen molar-refractivity contribution in [1.82, 2.24) is 25.0 Å². The third kappa shape index (κ3) is 5.39. The Labute approximate surface area is 224 Å². The number of nitrogen functional groups attached to an aromatic ring is 1. The summed E-state index contributed by atoms with van der Waals surface area (Å²) in [5, 5.41) is 8.09. The van der Waals surface area contributed by atoms with Gasteiger partial charge in [0.05, 0.1) is 23.3 Å². The topological polar surface area (TPSA) is 98.3 Å². The second-order valence-electron chi connectivity index (χ2n) is 9.54. The number of aromatic nitrogens is 3. The van der Waals surface area contributed by atoms with Gasteiger partial charge >= 0.3 is 0 Å². The molecular weight excluding hydrogens is 518 g/mol. The van der Waals surface area contributed by atoms with Crippen molar-refractivity contribution in [1.29, 1.82) is 0 Å². The summed E-state index contributed by atoms with van der Waals surface area (Å²) in [6.45, 7) is 4.08. The summed E-state index contributed by atoms with van der Waals surface area (Å²) < 4.78 is 22.0. The van der Waals surface area contributed by atoms with Crippen LogP contribution in [-0.4, -0.2) is 51.2 Å². The minimum Gasteiger partial charge on any atom is -0.482 e. The van der Waals surface area contributed by atoms with Crippen LogP contribution in [0.4, 0.5) is 10.2 Å². The highest BCUT2D eigenvalue weighted by Gasteiger charge is 2.30. The third-order valence-electron chi connectivity index (χ3n) is 7.12. The number of anilines is 1. The van der Waals surface area contributed by atoms with E-state index in [2.05, 4.69) is 15.4 Å². The monoisotopic (exact) mass is 546 g/mol. The van der Waals surface area contributed by atoms with E-state index in [1.807, 2.05) is 15.8 Å². The lowest BCUT2D eigenvalue weighted by Gasteiger charge is -2.33. The molecule has 0 saturated carbocycles. The van der Waals surface area contributed by atoms with Crippen molar-refractivity contribution in [2.45, 2.75) is 50.8 Å². The quantitative estimate of drug-likeness (QED) is 0.421. The average molecular weight is 547 g/mol. The van der Waals surface area contributed by atoms with Gasteiger partial charge in [0.1, 0.15) is 11.9 Å². The minimum atomic E-state index is -0.662. The highest BCUT2D eigenvalue weighted by atomic mass is 35.5. The van der Waals surface area contributed by atoms with E-state index in [9.17, 15) is 9.18 Å². The first kappa shape index (κ1) is 25.8. The average Bonchev–Trinajstić information content (AvgIpc) is 3.61. The molecule has 8 nitrogen and oxygen atoms in total. The van der Waals surface area contributed by atoms with E-state index in [1.165, 1.54) is 12.1 Å². The molecule has 1 aromatic carbocycles. The molecular formula is C26H29Cl2FN6O2. The Hall–Kier alpha value is -2.88. The number of pyridine rings is 1. The number of likely N-dealkylation sites (tertiary alicyclic amines) is 1. The molecule has 2 atom stereocenters. The molecule has 2 saturated heterocycles. The highest BCUT2D eigenvalue weighted by Crippen LogP contribution is 2.37. The lowest BCUT2D eigenvalue weighted by atomic mass is 10.0. The Bertz CT molecular complexity index is 1290. The molecule has 196 valence electrons. The summed E-state index contributed by atoms with van der Waals surface area (Å²) >= 11 is 12.4. The second kappa shape index (κ2) is 10.8. The number of nitrogens with one attached hydrogen (secondary N) is 1. The summed E-state index contributed by atoms with van der Waals surface area (Å²) in [6, 6.07) is 4.61. The van der Waals surface area contributed by atoms with Crippen molar-refractivity contribution in [2.24, 2.45) is 0 Å². The Morgan fingerprint density at radius 3 is 2.73 bits per heavy atom. The molecule has 0 bridgehead atoms. The molecule has 1 amide bonds. The van der Waals surface area contributed by atoms with Crippen LogP contribution >= 0.6 is 23.2 Å². The van der Waals surface area contributed by atoms with Gasteiger partial charge in [0, 0.05) is 47.2 Å². The number of halogens is 3. The van der Waals surface area contributed by atoms with Crippen LogP contribution in [0.25, 0.3) is 11.1 Å². The Morgan fingerprint density at radius 1 is 1.22 bits per heavy atom. The smallest absolute Gasteiger partial charge is 0.239 e. The number of benzene rings is 1. The van der Waals surface area contributed by atoms with Crippen molar-refractivity contribution >= 4 is 34.9 Å². The van der Waals surface area contributed by atoms with Gasteiger partial charge in [-0.15, -0.1) is 0 Å². The molecule has 2 aliphatic heterocycles. The van der Waals surface area contributed by atoms with E-state index >= 15 is 0 Å². The number of nitrogens with two attached hydrogens (primary N) is 1. The van der Waals surface area contributed by atoms with Gasteiger partial charge in [0.2, 0.25) is 5.91 Å². The summed E-state index contributed by atoms with van der Waals surface area (Å²) in [6.07, 6.45) is 8.42. The fourth-order valence-electron chi connectivity index (χ4n) is 5.03. The van der Waals surface area contributed by atoms with Gasteiger partial charge in [-0.05, 0) is 57.4 Å². The van der Waals surface area contributed by atoms with Crippen molar-refractivity contribution in [3.05, 3.63) is 58.2 Å². The van der Waals surface area contributed by atoms with E-state index in [0.717, 1.165) is 56.4 Å². The Morgan fingerprint density at radius 2 is 2.00 bits per heavy atom. The standard InChI is InChI=1S/C26H29Cl2FN6O2/c1-15(23-19(27)4-5-20(29)24(23)28)37-22-11-16(12-32-25(22)30)17-13-33-35(14-17)18-6-9-34(10-7-18)26(36)21-3-2-8-31-21/h4-5,11-15,18,21,31H,2-3,6-10H2,1H3,(H2,30,32)/t15-,21-/m1/s1. The fraction of sp³-hybridized carbons (Fsp3) is 0.423. The first-order chi connectivity index (χ1) is 17.8. The molecule has 4 heterocycles. The van der Waals surface area contributed by atoms with Crippen LogP contribution in [0.2, 0.25) is 10.0 Å². The minimum absolute atomic E-state index is 0.0297. The van der Waals surface area contributed by atoms with Crippen molar-refractivity contribution < 1.29 is 13.9 Å². The number of carbonyl (C=O) groups excluding carboxylic acids is 1. The SMILES string of the molecule is C[C@@H](Oc1cc(-c2cnn(C3CCN(C(=O)[C@H]4CCCN4)CC3)c2)cnc1N)c1c(Cl)ccc(F)c1Cl. The zero-order chi connectivity index (χ0) is 26.1. The van der Waals surface area contributed by atoms with Crippen molar-refractivity contribution in [2.75, 3.05) is 25.4 Å². The summed E-state index contributed by atoms with van der Waals surface area (Å²) in [7, 11) is 0. The number of hydrogen-bond acceptors (Lipinski definition) is 6. The number of rotatable bonds is 6. The summed E-state index contributed by atoms with van der Waals surface area (Å²) in [4.78, 5) is 18.9. The van der Waals surface area contributed by atoms with Crippen molar-refractivity contribution in [3.8, 4) is 16.9 Å².